The number of rotatable bonds is 6. The van der Waals surface area contributed by atoms with Crippen LogP contribution in [-0.4, -0.2) is 49.9 Å². The number of H-pyrrole nitrogens is 1. The van der Waals surface area contributed by atoms with Crippen LogP contribution in [0.4, 0.5) is 4.39 Å². The zero-order valence-corrected chi connectivity index (χ0v) is 13.9. The summed E-state index contributed by atoms with van der Waals surface area (Å²) in [5.41, 5.74) is -4.44. The van der Waals surface area contributed by atoms with E-state index in [2.05, 4.69) is 0 Å². The number of carbonyl (C=O) groups is 1. The van der Waals surface area contributed by atoms with Crippen LogP contribution in [0.2, 0.25) is 0 Å². The normalized spacial score (nSPS) is 31.9. The molecule has 4 atom stereocenters. The average Bonchev–Trinajstić information content (AvgIpc) is 2.72. The zero-order chi connectivity index (χ0) is 18.8. The number of halogens is 1. The number of hydrogen-bond acceptors (Lipinski definition) is 7. The summed E-state index contributed by atoms with van der Waals surface area (Å²) in [7, 11) is 0. The van der Waals surface area contributed by atoms with E-state index >= 15 is 4.39 Å². The van der Waals surface area contributed by atoms with E-state index in [9.17, 15) is 24.6 Å². The predicted octanol–water partition coefficient (Wildman–Crippen LogP) is -0.424. The van der Waals surface area contributed by atoms with Gasteiger partial charge in [-0.1, -0.05) is 13.3 Å². The summed E-state index contributed by atoms with van der Waals surface area (Å²) in [5, 5.41) is 20.0. The second-order valence-electron chi connectivity index (χ2n) is 6.03. The Labute approximate surface area is 142 Å². The number of carbonyl (C=O) groups excluding carboxylic acids is 1. The second-order valence-corrected chi connectivity index (χ2v) is 6.03. The molecule has 0 aliphatic carbocycles. The lowest BCUT2D eigenvalue weighted by atomic mass is 9.93. The van der Waals surface area contributed by atoms with Crippen LogP contribution in [0.5, 0.6) is 0 Å². The van der Waals surface area contributed by atoms with Gasteiger partial charge in [0.05, 0.1) is 6.61 Å². The summed E-state index contributed by atoms with van der Waals surface area (Å²) in [4.78, 5) is 36.8. The maximum absolute atomic E-state index is 15.4. The number of nitrogens with one attached hydrogen (secondary N) is 1. The van der Waals surface area contributed by atoms with E-state index in [1.807, 2.05) is 11.9 Å². The summed E-state index contributed by atoms with van der Waals surface area (Å²) in [6.07, 6.45) is -1.23. The molecule has 1 saturated heterocycles. The lowest BCUT2D eigenvalue weighted by Crippen LogP contribution is -2.57. The number of aliphatic hydroxyl groups is 2. The van der Waals surface area contributed by atoms with Crippen molar-refractivity contribution in [2.45, 2.75) is 56.9 Å². The van der Waals surface area contributed by atoms with Crippen LogP contribution in [0, 0.1) is 0 Å². The van der Waals surface area contributed by atoms with Crippen LogP contribution in [-0.2, 0) is 14.3 Å². The average molecular weight is 360 g/mol. The number of hydrogen-bond donors (Lipinski definition) is 3. The lowest BCUT2D eigenvalue weighted by molar-refractivity contribution is -0.266. The van der Waals surface area contributed by atoms with E-state index in [-0.39, 0.29) is 6.42 Å². The van der Waals surface area contributed by atoms with Crippen molar-refractivity contribution in [2.24, 2.45) is 0 Å². The third-order valence-corrected chi connectivity index (χ3v) is 4.17. The third-order valence-electron chi connectivity index (χ3n) is 4.17. The van der Waals surface area contributed by atoms with E-state index in [4.69, 9.17) is 9.47 Å². The molecule has 0 unspecified atom stereocenters. The Bertz CT molecular complexity index is 744. The Kier molecular flexibility index (Phi) is 5.45. The number of ether oxygens (including phenoxy) is 2. The number of aromatic amines is 1. The van der Waals surface area contributed by atoms with Crippen molar-refractivity contribution >= 4 is 5.97 Å². The highest BCUT2D eigenvalue weighted by Crippen LogP contribution is 2.48. The van der Waals surface area contributed by atoms with Gasteiger partial charge in [0.1, 0.15) is 0 Å². The van der Waals surface area contributed by atoms with Crippen LogP contribution >= 0.6 is 0 Å². The van der Waals surface area contributed by atoms with Gasteiger partial charge in [-0.25, -0.2) is 9.18 Å². The van der Waals surface area contributed by atoms with Gasteiger partial charge < -0.3 is 19.7 Å². The lowest BCUT2D eigenvalue weighted by Gasteiger charge is -2.35. The van der Waals surface area contributed by atoms with E-state index in [0.717, 1.165) is 19.2 Å². The monoisotopic (exact) mass is 360 g/mol. The fourth-order valence-corrected chi connectivity index (χ4v) is 2.68. The topological polar surface area (TPSA) is 131 Å². The molecule has 140 valence electrons. The molecule has 1 aromatic rings. The van der Waals surface area contributed by atoms with Gasteiger partial charge in [-0.15, -0.1) is 0 Å². The van der Waals surface area contributed by atoms with Crippen LogP contribution in [0.1, 0.15) is 39.3 Å². The first kappa shape index (κ1) is 19.3. The standard InChI is InChI=1S/C15H21FN2O7/c1-3-4-5-11(21)25-15(23)9(8-19)24-12(14(15,2)16)18-7-6-10(20)17-13(18)22/h6-7,9,12,19,23H,3-5,8H2,1-2H3,(H,17,20,22)/t9-,12-,14+,15+/m1/s1. The van der Waals surface area contributed by atoms with Crippen molar-refractivity contribution in [2.75, 3.05) is 6.61 Å². The second kappa shape index (κ2) is 7.06. The molecule has 0 aromatic carbocycles. The molecule has 0 radical (unpaired) electrons. The Morgan fingerprint density at radius 1 is 1.52 bits per heavy atom. The Morgan fingerprint density at radius 2 is 2.20 bits per heavy atom. The fraction of sp³-hybridized carbons (Fsp3) is 0.667. The van der Waals surface area contributed by atoms with Crippen molar-refractivity contribution in [1.82, 2.24) is 9.55 Å². The van der Waals surface area contributed by atoms with Crippen LogP contribution < -0.4 is 11.2 Å². The van der Waals surface area contributed by atoms with Crippen molar-refractivity contribution in [3.63, 3.8) is 0 Å². The third kappa shape index (κ3) is 3.37. The number of unbranched alkanes of at least 4 members (excludes halogenated alkanes) is 1. The largest absolute Gasteiger partial charge is 0.426 e. The number of aliphatic hydroxyl groups excluding tert-OH is 1. The molecule has 1 aliphatic rings. The van der Waals surface area contributed by atoms with E-state index < -0.39 is 47.6 Å². The summed E-state index contributed by atoms with van der Waals surface area (Å²) < 4.78 is 26.3. The summed E-state index contributed by atoms with van der Waals surface area (Å²) in [6.45, 7) is 1.87. The summed E-state index contributed by atoms with van der Waals surface area (Å²) >= 11 is 0. The smallest absolute Gasteiger partial charge is 0.330 e. The van der Waals surface area contributed by atoms with Crippen molar-refractivity contribution in [1.29, 1.82) is 0 Å². The van der Waals surface area contributed by atoms with Gasteiger partial charge >= 0.3 is 11.7 Å². The van der Waals surface area contributed by atoms with Crippen LogP contribution in [0.25, 0.3) is 0 Å². The maximum Gasteiger partial charge on any atom is 0.330 e. The van der Waals surface area contributed by atoms with Gasteiger partial charge in [0, 0.05) is 18.7 Å². The molecular formula is C15H21FN2O7. The van der Waals surface area contributed by atoms with Gasteiger partial charge in [0.25, 0.3) is 11.3 Å². The molecule has 2 heterocycles. The Balaban J connectivity index is 2.39. The quantitative estimate of drug-likeness (QED) is 0.464. The fourth-order valence-electron chi connectivity index (χ4n) is 2.68. The molecule has 0 bridgehead atoms. The van der Waals surface area contributed by atoms with Gasteiger partial charge in [0.15, 0.2) is 12.3 Å². The van der Waals surface area contributed by atoms with Gasteiger partial charge in [-0.3, -0.25) is 19.1 Å². The molecular weight excluding hydrogens is 339 g/mol. The first-order valence-corrected chi connectivity index (χ1v) is 7.88. The van der Waals surface area contributed by atoms with Crippen LogP contribution in [0.15, 0.2) is 21.9 Å². The zero-order valence-electron chi connectivity index (χ0n) is 13.9. The summed E-state index contributed by atoms with van der Waals surface area (Å²) in [5.74, 6) is -3.66. The molecule has 1 fully saturated rings. The van der Waals surface area contributed by atoms with Gasteiger partial charge in [-0.2, -0.15) is 0 Å². The maximum atomic E-state index is 15.4. The molecule has 0 spiro atoms. The highest BCUT2D eigenvalue weighted by atomic mass is 19.1. The minimum Gasteiger partial charge on any atom is -0.426 e. The first-order valence-electron chi connectivity index (χ1n) is 7.88. The molecule has 1 aromatic heterocycles. The van der Waals surface area contributed by atoms with Gasteiger partial charge in [-0.05, 0) is 13.3 Å². The highest BCUT2D eigenvalue weighted by Gasteiger charge is 2.69. The molecule has 10 heteroatoms. The molecule has 2 rings (SSSR count). The number of nitrogens with zero attached hydrogens (tertiary/aromatic N) is 1. The van der Waals surface area contributed by atoms with E-state index in [1.54, 1.807) is 0 Å². The van der Waals surface area contributed by atoms with Crippen molar-refractivity contribution in [3.8, 4) is 0 Å². The molecule has 1 aliphatic heterocycles. The van der Waals surface area contributed by atoms with E-state index in [0.29, 0.717) is 17.4 Å². The first-order chi connectivity index (χ1) is 11.7. The summed E-state index contributed by atoms with van der Waals surface area (Å²) in [6, 6.07) is 0.972. The molecule has 3 N–H and O–H groups in total. The van der Waals surface area contributed by atoms with E-state index in [1.165, 1.54) is 0 Å². The Morgan fingerprint density at radius 3 is 2.76 bits per heavy atom. The number of esters is 1. The number of alkyl halides is 1. The van der Waals surface area contributed by atoms with Crippen molar-refractivity contribution < 1.29 is 28.9 Å². The minimum atomic E-state index is -2.80. The molecule has 9 nitrogen and oxygen atoms in total. The molecule has 25 heavy (non-hydrogen) atoms. The van der Waals surface area contributed by atoms with Crippen molar-refractivity contribution in [3.05, 3.63) is 33.1 Å². The molecule has 0 saturated carbocycles. The highest BCUT2D eigenvalue weighted by molar-refractivity contribution is 5.70. The predicted molar refractivity (Wildman–Crippen MR) is 82.4 cm³/mol. The number of aromatic nitrogens is 2. The molecule has 0 amide bonds. The Hall–Kier alpha value is -2.04. The van der Waals surface area contributed by atoms with Gasteiger partial charge in [0.2, 0.25) is 5.67 Å². The van der Waals surface area contributed by atoms with Crippen LogP contribution in [0.3, 0.4) is 0 Å². The minimum absolute atomic E-state index is 0.0453. The SMILES string of the molecule is CCCCC(=O)O[C@@]1(O)[C@@H](CO)O[C@@H](n2ccc(=O)[nH]c2=O)[C@]1(C)F.